The van der Waals surface area contributed by atoms with Crippen LogP contribution in [0.4, 0.5) is 5.69 Å². The van der Waals surface area contributed by atoms with Gasteiger partial charge in [0.25, 0.3) is 17.7 Å². The van der Waals surface area contributed by atoms with E-state index in [0.717, 1.165) is 11.1 Å². The van der Waals surface area contributed by atoms with Gasteiger partial charge in [0.2, 0.25) is 0 Å². The fourth-order valence-electron chi connectivity index (χ4n) is 3.46. The molecule has 3 amide bonds. The first kappa shape index (κ1) is 27.5. The third-order valence-corrected chi connectivity index (χ3v) is 5.82. The van der Waals surface area contributed by atoms with Crippen LogP contribution in [-0.2, 0) is 15.6 Å². The van der Waals surface area contributed by atoms with Crippen molar-refractivity contribution < 1.29 is 19.1 Å². The number of carbonyl (C=O) groups is 3. The number of carbonyl (C=O) groups excluding carboxylic acids is 3. The summed E-state index contributed by atoms with van der Waals surface area (Å²) < 4.78 is 5.48. The summed E-state index contributed by atoms with van der Waals surface area (Å²) >= 11 is 0. The Morgan fingerprint density at radius 3 is 1.59 bits per heavy atom. The highest BCUT2D eigenvalue weighted by Gasteiger charge is 2.15. The zero-order chi connectivity index (χ0) is 27.2. The van der Waals surface area contributed by atoms with Gasteiger partial charge in [-0.15, -0.1) is 0 Å². The summed E-state index contributed by atoms with van der Waals surface area (Å²) in [7, 11) is 0. The van der Waals surface area contributed by atoms with E-state index in [-0.39, 0.29) is 23.3 Å². The highest BCUT2D eigenvalue weighted by Crippen LogP contribution is 2.24. The lowest BCUT2D eigenvalue weighted by Gasteiger charge is -2.19. The van der Waals surface area contributed by atoms with Crippen LogP contribution in [0.3, 0.4) is 0 Å². The average molecular weight is 502 g/mol. The number of nitrogens with one attached hydrogen (secondary N) is 3. The van der Waals surface area contributed by atoms with Gasteiger partial charge in [-0.3, -0.25) is 25.2 Å². The van der Waals surface area contributed by atoms with Crippen molar-refractivity contribution in [2.45, 2.75) is 52.4 Å². The van der Waals surface area contributed by atoms with Crippen LogP contribution in [0, 0.1) is 0 Å². The maximum atomic E-state index is 12.5. The number of hydrogen-bond donors (Lipinski definition) is 3. The molecule has 0 aliphatic heterocycles. The first-order chi connectivity index (χ1) is 17.3. The Balaban J connectivity index is 1.46. The summed E-state index contributed by atoms with van der Waals surface area (Å²) in [5, 5.41) is 2.82. The molecule has 0 radical (unpaired) electrons. The van der Waals surface area contributed by atoms with Crippen LogP contribution in [0.2, 0.25) is 0 Å². The smallest absolute Gasteiger partial charge is 0.276 e. The van der Waals surface area contributed by atoms with Crippen molar-refractivity contribution in [2.24, 2.45) is 0 Å². The summed E-state index contributed by atoms with van der Waals surface area (Å²) in [5.41, 5.74) is 8.47. The molecule has 0 saturated heterocycles. The molecule has 0 bridgehead atoms. The molecule has 0 aliphatic rings. The zero-order valence-corrected chi connectivity index (χ0v) is 22.3. The normalized spacial score (nSPS) is 11.4. The minimum atomic E-state index is -0.491. The first-order valence-corrected chi connectivity index (χ1v) is 12.2. The van der Waals surface area contributed by atoms with E-state index in [4.69, 9.17) is 4.74 Å². The second-order valence-electron chi connectivity index (χ2n) is 10.9. The average Bonchev–Trinajstić information content (AvgIpc) is 2.85. The number of benzene rings is 3. The largest absolute Gasteiger partial charge is 0.484 e. The maximum absolute atomic E-state index is 12.5. The minimum absolute atomic E-state index is 0.0102. The summed E-state index contributed by atoms with van der Waals surface area (Å²) in [6, 6.07) is 21.4. The molecule has 0 heterocycles. The molecule has 0 aliphatic carbocycles. The monoisotopic (exact) mass is 501 g/mol. The molecule has 0 atom stereocenters. The van der Waals surface area contributed by atoms with E-state index in [2.05, 4.69) is 57.7 Å². The van der Waals surface area contributed by atoms with E-state index < -0.39 is 11.8 Å². The molecule has 7 nitrogen and oxygen atoms in total. The van der Waals surface area contributed by atoms with Crippen LogP contribution in [-0.4, -0.2) is 24.3 Å². The van der Waals surface area contributed by atoms with Crippen molar-refractivity contribution in [2.75, 3.05) is 11.9 Å². The summed E-state index contributed by atoms with van der Waals surface area (Å²) in [6.45, 7) is 12.5. The Kier molecular flexibility index (Phi) is 8.38. The molecular formula is C30H35N3O4. The maximum Gasteiger partial charge on any atom is 0.276 e. The van der Waals surface area contributed by atoms with Crippen LogP contribution < -0.4 is 20.9 Å². The summed E-state index contributed by atoms with van der Waals surface area (Å²) in [5.74, 6) is -0.650. The number of hydrogen-bond acceptors (Lipinski definition) is 4. The SMILES string of the molecule is CC(C)(C)c1ccc(OCC(=O)NNC(=O)c2ccc(NC(=O)c3ccc(C(C)(C)C)cc3)cc2)cc1. The van der Waals surface area contributed by atoms with Gasteiger partial charge in [-0.2, -0.15) is 0 Å². The van der Waals surface area contributed by atoms with Crippen molar-refractivity contribution in [3.63, 3.8) is 0 Å². The molecular weight excluding hydrogens is 466 g/mol. The van der Waals surface area contributed by atoms with E-state index in [1.165, 1.54) is 0 Å². The summed E-state index contributed by atoms with van der Waals surface area (Å²) in [6.07, 6.45) is 0. The second-order valence-corrected chi connectivity index (χ2v) is 10.9. The van der Waals surface area contributed by atoms with E-state index in [1.54, 1.807) is 36.4 Å². The lowest BCUT2D eigenvalue weighted by molar-refractivity contribution is -0.123. The Hall–Kier alpha value is -4.13. The van der Waals surface area contributed by atoms with E-state index in [1.807, 2.05) is 36.4 Å². The quantitative estimate of drug-likeness (QED) is 0.396. The van der Waals surface area contributed by atoms with Gasteiger partial charge in [-0.25, -0.2) is 0 Å². The molecule has 7 heteroatoms. The van der Waals surface area contributed by atoms with E-state index >= 15 is 0 Å². The number of ether oxygens (including phenoxy) is 1. The second kappa shape index (κ2) is 11.3. The molecule has 3 aromatic rings. The molecule has 194 valence electrons. The minimum Gasteiger partial charge on any atom is -0.484 e. The Morgan fingerprint density at radius 1 is 0.622 bits per heavy atom. The molecule has 3 N–H and O–H groups in total. The first-order valence-electron chi connectivity index (χ1n) is 12.2. The fourth-order valence-corrected chi connectivity index (χ4v) is 3.46. The standard InChI is InChI=1S/C30H35N3O4/c1-29(2,3)22-11-7-20(8-12-22)27(35)31-24-15-9-21(10-16-24)28(36)33-32-26(34)19-37-25-17-13-23(14-18-25)30(4,5)6/h7-18H,19H2,1-6H3,(H,31,35)(H,32,34)(H,33,36). The number of rotatable bonds is 6. The van der Waals surface area contributed by atoms with Crippen molar-refractivity contribution in [3.8, 4) is 5.75 Å². The van der Waals surface area contributed by atoms with Gasteiger partial charge >= 0.3 is 0 Å². The molecule has 0 saturated carbocycles. The van der Waals surface area contributed by atoms with Crippen LogP contribution in [0.25, 0.3) is 0 Å². The number of anilines is 1. The molecule has 0 spiro atoms. The predicted octanol–water partition coefficient (Wildman–Crippen LogP) is 5.37. The molecule has 3 rings (SSSR count). The highest BCUT2D eigenvalue weighted by molar-refractivity contribution is 6.04. The Morgan fingerprint density at radius 2 is 1.08 bits per heavy atom. The summed E-state index contributed by atoms with van der Waals surface area (Å²) in [4.78, 5) is 37.0. The van der Waals surface area contributed by atoms with E-state index in [9.17, 15) is 14.4 Å². The van der Waals surface area contributed by atoms with Crippen LogP contribution >= 0.6 is 0 Å². The third kappa shape index (κ3) is 7.93. The Labute approximate surface area is 218 Å². The number of hydrazine groups is 1. The third-order valence-electron chi connectivity index (χ3n) is 5.82. The molecule has 0 fully saturated rings. The molecule has 3 aromatic carbocycles. The molecule has 0 aromatic heterocycles. The van der Waals surface area contributed by atoms with Gasteiger partial charge in [0, 0.05) is 16.8 Å². The molecule has 37 heavy (non-hydrogen) atoms. The van der Waals surface area contributed by atoms with Gasteiger partial charge in [0.05, 0.1) is 0 Å². The predicted molar refractivity (Wildman–Crippen MR) is 146 cm³/mol. The van der Waals surface area contributed by atoms with Gasteiger partial charge in [0.1, 0.15) is 5.75 Å². The van der Waals surface area contributed by atoms with Crippen molar-refractivity contribution in [1.29, 1.82) is 0 Å². The van der Waals surface area contributed by atoms with Crippen LogP contribution in [0.15, 0.2) is 72.8 Å². The lowest BCUT2D eigenvalue weighted by atomic mass is 9.87. The van der Waals surface area contributed by atoms with Crippen LogP contribution in [0.1, 0.15) is 73.4 Å². The highest BCUT2D eigenvalue weighted by atomic mass is 16.5. The van der Waals surface area contributed by atoms with Gasteiger partial charge < -0.3 is 10.1 Å². The van der Waals surface area contributed by atoms with Gasteiger partial charge in [-0.1, -0.05) is 65.8 Å². The van der Waals surface area contributed by atoms with Gasteiger partial charge in [-0.05, 0) is 70.5 Å². The van der Waals surface area contributed by atoms with Gasteiger partial charge in [0.15, 0.2) is 6.61 Å². The Bertz CT molecular complexity index is 1230. The van der Waals surface area contributed by atoms with Crippen molar-refractivity contribution in [1.82, 2.24) is 10.9 Å². The lowest BCUT2D eigenvalue weighted by Crippen LogP contribution is -2.43. The number of amides is 3. The van der Waals surface area contributed by atoms with E-state index in [0.29, 0.717) is 22.6 Å². The topological polar surface area (TPSA) is 96.5 Å². The molecule has 0 unspecified atom stereocenters. The fraction of sp³-hybridized carbons (Fsp3) is 0.300. The van der Waals surface area contributed by atoms with Crippen molar-refractivity contribution >= 4 is 23.4 Å². The van der Waals surface area contributed by atoms with Crippen molar-refractivity contribution in [3.05, 3.63) is 95.1 Å². The zero-order valence-electron chi connectivity index (χ0n) is 22.3. The van der Waals surface area contributed by atoms with Crippen LogP contribution in [0.5, 0.6) is 5.75 Å².